The molecule has 2 aliphatic carbocycles. The minimum absolute atomic E-state index is 0. The van der Waals surface area contributed by atoms with Gasteiger partial charge < -0.3 is 33.6 Å². The number of hydrogen-bond acceptors (Lipinski definition) is 2. The smallest absolute Gasteiger partial charge is 1.00 e. The van der Waals surface area contributed by atoms with Crippen molar-refractivity contribution in [1.29, 1.82) is 0 Å². The first-order chi connectivity index (χ1) is 17.9. The summed E-state index contributed by atoms with van der Waals surface area (Å²) in [6.45, 7) is 17.5. The van der Waals surface area contributed by atoms with Crippen molar-refractivity contribution < 1.29 is 59.9 Å². The van der Waals surface area contributed by atoms with Crippen molar-refractivity contribution in [3.05, 3.63) is 129 Å². The van der Waals surface area contributed by atoms with Gasteiger partial charge in [-0.15, -0.1) is 22.3 Å². The maximum atomic E-state index is 5.77. The van der Waals surface area contributed by atoms with Crippen molar-refractivity contribution in [3.63, 3.8) is 0 Å². The summed E-state index contributed by atoms with van der Waals surface area (Å²) in [5, 5.41) is 0. The van der Waals surface area contributed by atoms with Gasteiger partial charge in [0.15, 0.2) is 0 Å². The number of fused-ring (bicyclic) bond motifs is 2. The van der Waals surface area contributed by atoms with Crippen LogP contribution in [0.5, 0.6) is 0 Å². The van der Waals surface area contributed by atoms with E-state index in [0.29, 0.717) is 0 Å². The SMILES string of the molecule is Cc1ccc(C2[C-]=Cc3c2cccc3C(C)(C)C)o1.Cc1ccc(C2[C-]=Cc3c2cccc3C(C)(C)C)o1.[Cl-].[Cl-].[Zr+4]. The van der Waals surface area contributed by atoms with Gasteiger partial charge in [-0.25, -0.2) is 12.2 Å². The average molecular weight is 665 g/mol. The minimum atomic E-state index is 0. The number of allylic oxidation sites excluding steroid dienone is 2. The summed E-state index contributed by atoms with van der Waals surface area (Å²) < 4.78 is 11.5. The van der Waals surface area contributed by atoms with Crippen LogP contribution in [0.1, 0.15) is 110 Å². The summed E-state index contributed by atoms with van der Waals surface area (Å²) in [7, 11) is 0. The number of hydrogen-bond donors (Lipinski definition) is 0. The van der Waals surface area contributed by atoms with Gasteiger partial charge in [0.1, 0.15) is 11.5 Å². The summed E-state index contributed by atoms with van der Waals surface area (Å²) in [5.74, 6) is 4.17. The largest absolute Gasteiger partial charge is 4.00 e. The fourth-order valence-corrected chi connectivity index (χ4v) is 5.50. The van der Waals surface area contributed by atoms with Gasteiger partial charge >= 0.3 is 26.2 Å². The molecule has 2 heterocycles. The Hall–Kier alpha value is -2.06. The van der Waals surface area contributed by atoms with Crippen LogP contribution in [0, 0.1) is 26.0 Å². The molecule has 0 fully saturated rings. The molecule has 212 valence electrons. The van der Waals surface area contributed by atoms with E-state index in [1.807, 2.05) is 26.0 Å². The molecule has 0 aliphatic heterocycles. The van der Waals surface area contributed by atoms with Crippen molar-refractivity contribution >= 4 is 12.2 Å². The zero-order chi connectivity index (χ0) is 27.2. The van der Waals surface area contributed by atoms with Crippen molar-refractivity contribution in [3.8, 4) is 0 Å². The van der Waals surface area contributed by atoms with Gasteiger partial charge in [0.05, 0.1) is 11.5 Å². The average Bonchev–Trinajstić information content (AvgIpc) is 3.63. The first kappa shape index (κ1) is 35.1. The van der Waals surface area contributed by atoms with Gasteiger partial charge in [0.2, 0.25) is 0 Å². The van der Waals surface area contributed by atoms with E-state index in [-0.39, 0.29) is 73.7 Å². The molecule has 2 atom stereocenters. The minimum Gasteiger partial charge on any atom is -1.00 e. The molecule has 2 aromatic carbocycles. The van der Waals surface area contributed by atoms with Crippen LogP contribution in [0.25, 0.3) is 12.2 Å². The molecule has 2 aliphatic rings. The van der Waals surface area contributed by atoms with Crippen LogP contribution in [-0.2, 0) is 37.0 Å². The van der Waals surface area contributed by atoms with Crippen LogP contribution < -0.4 is 24.8 Å². The Bertz CT molecular complexity index is 1410. The van der Waals surface area contributed by atoms with E-state index < -0.39 is 0 Å². The molecule has 2 nitrogen and oxygen atoms in total. The van der Waals surface area contributed by atoms with Gasteiger partial charge in [-0.2, -0.15) is 11.1 Å². The summed E-state index contributed by atoms with van der Waals surface area (Å²) in [6, 6.07) is 21.2. The summed E-state index contributed by atoms with van der Waals surface area (Å²) >= 11 is 0. The van der Waals surface area contributed by atoms with E-state index in [1.165, 1.54) is 33.4 Å². The van der Waals surface area contributed by atoms with E-state index in [0.717, 1.165) is 23.0 Å². The third-order valence-electron chi connectivity index (χ3n) is 7.40. The molecule has 41 heavy (non-hydrogen) atoms. The molecule has 2 unspecified atom stereocenters. The third kappa shape index (κ3) is 7.30. The topological polar surface area (TPSA) is 26.3 Å². The fraction of sp³-hybridized carbons (Fsp3) is 0.333. The second kappa shape index (κ2) is 13.5. The quantitative estimate of drug-likeness (QED) is 0.306. The molecule has 0 spiro atoms. The van der Waals surface area contributed by atoms with Gasteiger partial charge in [-0.05, 0) is 60.8 Å². The zero-order valence-corrected chi connectivity index (χ0v) is 29.1. The second-order valence-corrected chi connectivity index (χ2v) is 12.5. The van der Waals surface area contributed by atoms with E-state index in [2.05, 4.69) is 114 Å². The molecular weight excluding hydrogens is 627 g/mol. The number of halogens is 2. The number of aryl methyl sites for hydroxylation is 2. The van der Waals surface area contributed by atoms with Gasteiger partial charge in [-0.1, -0.05) is 77.9 Å². The molecule has 0 N–H and O–H groups in total. The van der Waals surface area contributed by atoms with Crippen molar-refractivity contribution in [2.75, 3.05) is 0 Å². The molecule has 6 rings (SSSR count). The zero-order valence-electron chi connectivity index (χ0n) is 25.2. The van der Waals surface area contributed by atoms with Crippen molar-refractivity contribution in [2.45, 2.75) is 78.1 Å². The predicted octanol–water partition coefficient (Wildman–Crippen LogP) is 3.70. The summed E-state index contributed by atoms with van der Waals surface area (Å²) in [5.41, 5.74) is 8.30. The van der Waals surface area contributed by atoms with Crippen molar-refractivity contribution in [1.82, 2.24) is 0 Å². The number of rotatable bonds is 2. The fourth-order valence-electron chi connectivity index (χ4n) is 5.50. The Balaban J connectivity index is 0.000000267. The molecule has 0 saturated carbocycles. The Morgan fingerprint density at radius 3 is 1.22 bits per heavy atom. The van der Waals surface area contributed by atoms with E-state index in [9.17, 15) is 0 Å². The first-order valence-corrected chi connectivity index (χ1v) is 13.5. The Morgan fingerprint density at radius 2 is 0.927 bits per heavy atom. The van der Waals surface area contributed by atoms with Gasteiger partial charge in [0, 0.05) is 0 Å². The normalized spacial score (nSPS) is 16.5. The number of furan rings is 2. The van der Waals surface area contributed by atoms with Gasteiger partial charge in [-0.3, -0.25) is 12.2 Å². The molecule has 0 bridgehead atoms. The Kier molecular flexibility index (Phi) is 11.6. The predicted molar refractivity (Wildman–Crippen MR) is 156 cm³/mol. The maximum Gasteiger partial charge on any atom is 4.00 e. The van der Waals surface area contributed by atoms with Crippen LogP contribution in [0.2, 0.25) is 0 Å². The summed E-state index contributed by atoms with van der Waals surface area (Å²) in [4.78, 5) is 0. The van der Waals surface area contributed by atoms with Crippen LogP contribution in [0.3, 0.4) is 0 Å². The molecular formula is C36H38Cl2O2Zr. The number of benzene rings is 2. The van der Waals surface area contributed by atoms with Crippen LogP contribution >= 0.6 is 0 Å². The Labute approximate surface area is 277 Å². The molecule has 0 saturated heterocycles. The van der Waals surface area contributed by atoms with E-state index >= 15 is 0 Å². The van der Waals surface area contributed by atoms with Crippen molar-refractivity contribution in [2.24, 2.45) is 0 Å². The molecule has 2 aromatic heterocycles. The standard InChI is InChI=1S/2C18H19O.2ClH.Zr/c2*1-12-8-11-17(19-12)15-10-9-14-13(15)6-5-7-16(14)18(2,3)4;;;/h2*5-9,11,15H,1-4H3;2*1H;/q2*-1;;;+4/p-2. The molecule has 4 aromatic rings. The first-order valence-electron chi connectivity index (χ1n) is 13.5. The second-order valence-electron chi connectivity index (χ2n) is 12.5. The van der Waals surface area contributed by atoms with E-state index in [1.54, 1.807) is 0 Å². The third-order valence-corrected chi connectivity index (χ3v) is 7.40. The Morgan fingerprint density at radius 1 is 0.561 bits per heavy atom. The van der Waals surface area contributed by atoms with Crippen LogP contribution in [-0.4, -0.2) is 0 Å². The molecule has 5 heteroatoms. The molecule has 0 radical (unpaired) electrons. The molecule has 0 amide bonds. The summed E-state index contributed by atoms with van der Waals surface area (Å²) in [6.07, 6.45) is 11.1. The monoisotopic (exact) mass is 662 g/mol. The van der Waals surface area contributed by atoms with Crippen LogP contribution in [0.15, 0.2) is 69.5 Å². The van der Waals surface area contributed by atoms with E-state index in [4.69, 9.17) is 8.83 Å². The van der Waals surface area contributed by atoms with Gasteiger partial charge in [0.25, 0.3) is 0 Å². The maximum absolute atomic E-state index is 5.77. The van der Waals surface area contributed by atoms with Crippen LogP contribution in [0.4, 0.5) is 0 Å².